The third kappa shape index (κ3) is 69.2. The molecule has 19 heteroatoms. The van der Waals surface area contributed by atoms with Crippen molar-refractivity contribution in [3.05, 3.63) is 0 Å². The highest BCUT2D eigenvalue weighted by Gasteiger charge is 2.30. The quantitative estimate of drug-likeness (QED) is 0.0222. The summed E-state index contributed by atoms with van der Waals surface area (Å²) in [6.07, 6.45) is 57.3. The van der Waals surface area contributed by atoms with Crippen molar-refractivity contribution in [2.45, 2.75) is 419 Å². The molecule has 0 spiro atoms. The van der Waals surface area contributed by atoms with E-state index in [2.05, 4.69) is 41.5 Å². The van der Waals surface area contributed by atoms with Crippen molar-refractivity contribution in [3.63, 3.8) is 0 Å². The maximum atomic E-state index is 13.1. The van der Waals surface area contributed by atoms with Gasteiger partial charge in [-0.1, -0.05) is 350 Å². The number of hydrogen-bond acceptors (Lipinski definition) is 15. The van der Waals surface area contributed by atoms with Crippen LogP contribution in [0.25, 0.3) is 0 Å². The van der Waals surface area contributed by atoms with Crippen molar-refractivity contribution in [1.82, 2.24) is 0 Å². The molecule has 17 nitrogen and oxygen atoms in total. The van der Waals surface area contributed by atoms with Gasteiger partial charge in [-0.2, -0.15) is 0 Å². The lowest BCUT2D eigenvalue weighted by atomic mass is 9.99. The monoisotopic (exact) mass is 1410 g/mol. The maximum Gasteiger partial charge on any atom is 0.472 e. The minimum Gasteiger partial charge on any atom is -0.462 e. The Balaban J connectivity index is 5.11. The van der Waals surface area contributed by atoms with Crippen molar-refractivity contribution in [2.75, 3.05) is 39.6 Å². The summed E-state index contributed by atoms with van der Waals surface area (Å²) in [5.74, 6) is -0.439. The van der Waals surface area contributed by atoms with E-state index in [1.807, 2.05) is 0 Å². The van der Waals surface area contributed by atoms with Crippen molar-refractivity contribution in [3.8, 4) is 0 Å². The van der Waals surface area contributed by atoms with E-state index in [9.17, 15) is 43.2 Å². The van der Waals surface area contributed by atoms with E-state index in [0.717, 1.165) is 121 Å². The molecule has 3 N–H and O–H groups in total. The van der Waals surface area contributed by atoms with Crippen molar-refractivity contribution in [1.29, 1.82) is 0 Å². The molecule has 570 valence electrons. The fourth-order valence-electron chi connectivity index (χ4n) is 11.8. The van der Waals surface area contributed by atoms with Crippen LogP contribution in [-0.2, 0) is 65.4 Å². The molecule has 0 bridgehead atoms. The number of unbranched alkanes of at least 4 members (excludes halogenated alkanes) is 45. The van der Waals surface area contributed by atoms with Gasteiger partial charge in [0.1, 0.15) is 19.3 Å². The van der Waals surface area contributed by atoms with Gasteiger partial charge in [-0.15, -0.1) is 0 Å². The predicted molar refractivity (Wildman–Crippen MR) is 391 cm³/mol. The summed E-state index contributed by atoms with van der Waals surface area (Å²) in [5, 5.41) is 10.6. The van der Waals surface area contributed by atoms with E-state index < -0.39 is 97.5 Å². The van der Waals surface area contributed by atoms with E-state index in [4.69, 9.17) is 37.0 Å². The molecule has 0 rings (SSSR count). The van der Waals surface area contributed by atoms with Gasteiger partial charge >= 0.3 is 39.5 Å². The molecule has 0 fully saturated rings. The minimum absolute atomic E-state index is 0.105. The average Bonchev–Trinajstić information content (AvgIpc) is 1.48. The zero-order valence-corrected chi connectivity index (χ0v) is 64.5. The number of rotatable bonds is 76. The van der Waals surface area contributed by atoms with Gasteiger partial charge in [-0.3, -0.25) is 37.3 Å². The summed E-state index contributed by atoms with van der Waals surface area (Å²) in [6, 6.07) is 0. The highest BCUT2D eigenvalue weighted by molar-refractivity contribution is 7.47. The molecule has 0 aromatic heterocycles. The summed E-state index contributed by atoms with van der Waals surface area (Å²) in [4.78, 5) is 72.5. The smallest absolute Gasteiger partial charge is 0.462 e. The third-order valence-corrected chi connectivity index (χ3v) is 20.2. The van der Waals surface area contributed by atoms with Crippen LogP contribution in [0.2, 0.25) is 0 Å². The number of aliphatic hydroxyl groups excluding tert-OH is 1. The predicted octanol–water partition coefficient (Wildman–Crippen LogP) is 22.7. The summed E-state index contributed by atoms with van der Waals surface area (Å²) < 4.78 is 68.3. The van der Waals surface area contributed by atoms with Crippen LogP contribution in [0.15, 0.2) is 0 Å². The summed E-state index contributed by atoms with van der Waals surface area (Å²) >= 11 is 0. The molecule has 96 heavy (non-hydrogen) atoms. The van der Waals surface area contributed by atoms with E-state index in [0.29, 0.717) is 25.7 Å². The Kier molecular flexibility index (Phi) is 67.4. The molecule has 3 unspecified atom stereocenters. The van der Waals surface area contributed by atoms with Gasteiger partial charge in [0.05, 0.1) is 26.4 Å². The molecule has 0 aromatic rings. The Bertz CT molecular complexity index is 1860. The molecular weight excluding hydrogens is 1260 g/mol. The lowest BCUT2D eigenvalue weighted by Crippen LogP contribution is -2.30. The fourth-order valence-corrected chi connectivity index (χ4v) is 13.4. The first-order valence-electron chi connectivity index (χ1n) is 40.0. The van der Waals surface area contributed by atoms with E-state index in [1.165, 1.54) is 199 Å². The topological polar surface area (TPSA) is 237 Å². The number of ether oxygens (including phenoxy) is 4. The molecule has 0 radical (unpaired) electrons. The standard InChI is InChI=1S/C77H150O17P2/c1-7-10-12-14-16-42-49-55-61-76(81)93-72(65-87-74(79)59-53-47-39-15-13-11-8-2)67-91-95(83,84)89-63-71(78)64-90-96(85,86)92-68-73(66-88-75(80)60-54-48-43-37-33-29-25-22-21-23-27-31-35-40-45-51-57-69(4)5)94-77(82)62-56-50-44-38-34-30-26-20-18-17-19-24-28-32-36-41-46-52-58-70(6)9-3/h69-73,78H,7-68H2,1-6H3,(H,83,84)(H,85,86)/t70?,71-,72+,73+/m0/s1. The van der Waals surface area contributed by atoms with E-state index >= 15 is 0 Å². The molecular formula is C77H150O17P2. The molecule has 0 amide bonds. The zero-order chi connectivity index (χ0) is 70.7. The molecule has 0 saturated carbocycles. The zero-order valence-electron chi connectivity index (χ0n) is 62.7. The lowest BCUT2D eigenvalue weighted by molar-refractivity contribution is -0.161. The maximum absolute atomic E-state index is 13.1. The van der Waals surface area contributed by atoms with Crippen LogP contribution < -0.4 is 0 Å². The molecule has 6 atom stereocenters. The van der Waals surface area contributed by atoms with Gasteiger partial charge in [0, 0.05) is 25.7 Å². The Morgan fingerprint density at radius 1 is 0.302 bits per heavy atom. The van der Waals surface area contributed by atoms with Crippen molar-refractivity contribution < 1.29 is 80.2 Å². The molecule has 0 aliphatic heterocycles. The normalized spacial score (nSPS) is 14.3. The second kappa shape index (κ2) is 68.8. The van der Waals surface area contributed by atoms with Crippen molar-refractivity contribution >= 4 is 39.5 Å². The second-order valence-corrected chi connectivity index (χ2v) is 31.4. The van der Waals surface area contributed by atoms with Gasteiger partial charge in [0.15, 0.2) is 12.2 Å². The number of esters is 4. The third-order valence-electron chi connectivity index (χ3n) is 18.3. The largest absolute Gasteiger partial charge is 0.472 e. The Morgan fingerprint density at radius 3 is 0.792 bits per heavy atom. The fraction of sp³-hybridized carbons (Fsp3) is 0.948. The van der Waals surface area contributed by atoms with Crippen LogP contribution >= 0.6 is 15.6 Å². The van der Waals surface area contributed by atoms with E-state index in [-0.39, 0.29) is 25.7 Å². The number of phosphoric acid groups is 2. The summed E-state index contributed by atoms with van der Waals surface area (Å²) in [6.45, 7) is 9.62. The summed E-state index contributed by atoms with van der Waals surface area (Å²) in [5.41, 5.74) is 0. The SMILES string of the molecule is CCCCCCCCCCC(=O)O[C@H](COC(=O)CCCCCCCCC)COP(=O)(O)OC[C@H](O)COP(=O)(O)OC[C@@H](COC(=O)CCCCCCCCCCCCCCCCCCC(C)C)OC(=O)CCCCCCCCCCCCCCCCCCCCC(C)CC. The Morgan fingerprint density at radius 2 is 0.531 bits per heavy atom. The second-order valence-electron chi connectivity index (χ2n) is 28.5. The van der Waals surface area contributed by atoms with Crippen LogP contribution in [0.4, 0.5) is 0 Å². The van der Waals surface area contributed by atoms with Crippen LogP contribution in [0.1, 0.15) is 401 Å². The molecule has 0 aliphatic carbocycles. The Hall–Kier alpha value is -1.94. The first-order valence-corrected chi connectivity index (χ1v) is 43.0. The van der Waals surface area contributed by atoms with Crippen molar-refractivity contribution in [2.24, 2.45) is 11.8 Å². The first-order chi connectivity index (χ1) is 46.4. The number of phosphoric ester groups is 2. The molecule has 0 aromatic carbocycles. The highest BCUT2D eigenvalue weighted by atomic mass is 31.2. The van der Waals surface area contributed by atoms with Gasteiger partial charge < -0.3 is 33.8 Å². The Labute approximate surface area is 588 Å². The van der Waals surface area contributed by atoms with Crippen LogP contribution in [0, 0.1) is 11.8 Å². The lowest BCUT2D eigenvalue weighted by Gasteiger charge is -2.21. The number of carbonyl (C=O) groups excluding carboxylic acids is 4. The molecule has 0 saturated heterocycles. The highest BCUT2D eigenvalue weighted by Crippen LogP contribution is 2.45. The van der Waals surface area contributed by atoms with Crippen LogP contribution in [-0.4, -0.2) is 96.7 Å². The molecule has 0 heterocycles. The number of aliphatic hydroxyl groups is 1. The van der Waals surface area contributed by atoms with Gasteiger partial charge in [-0.25, -0.2) is 9.13 Å². The average molecular weight is 1410 g/mol. The molecule has 0 aliphatic rings. The van der Waals surface area contributed by atoms with Crippen LogP contribution in [0.3, 0.4) is 0 Å². The number of carbonyl (C=O) groups is 4. The first kappa shape index (κ1) is 94.1. The van der Waals surface area contributed by atoms with Gasteiger partial charge in [0.2, 0.25) is 0 Å². The van der Waals surface area contributed by atoms with Gasteiger partial charge in [0.25, 0.3) is 0 Å². The summed E-state index contributed by atoms with van der Waals surface area (Å²) in [7, 11) is -9.90. The minimum atomic E-state index is -4.96. The number of hydrogen-bond donors (Lipinski definition) is 3. The van der Waals surface area contributed by atoms with Crippen LogP contribution in [0.5, 0.6) is 0 Å². The van der Waals surface area contributed by atoms with Gasteiger partial charge in [-0.05, 0) is 37.5 Å². The van der Waals surface area contributed by atoms with E-state index in [1.54, 1.807) is 0 Å².